The molecule has 1 heterocycles. The van der Waals surface area contributed by atoms with Crippen LogP contribution < -0.4 is 5.73 Å². The van der Waals surface area contributed by atoms with Gasteiger partial charge in [0, 0.05) is 27.6 Å². The predicted molar refractivity (Wildman–Crippen MR) is 174 cm³/mol. The van der Waals surface area contributed by atoms with Gasteiger partial charge in [-0.1, -0.05) is 127 Å². The standard InChI is InChI=1S/C38H29N3/c39-38(29-12-2-1-3-13-29)40-35(24-22-27-21-23-28-11-4-5-14-30(28)25-27)31-15-10-16-32(26-31)41-36-19-8-6-17-33(36)34-18-7-9-20-37(34)41/h1-21,23-26H,22H2,(H2,39,40)/b35-24-. The fourth-order valence-electron chi connectivity index (χ4n) is 5.62. The Morgan fingerprint density at radius 3 is 1.98 bits per heavy atom. The summed E-state index contributed by atoms with van der Waals surface area (Å²) in [6, 6.07) is 50.8. The molecule has 7 aromatic rings. The lowest BCUT2D eigenvalue weighted by atomic mass is 10.0. The molecule has 3 nitrogen and oxygen atoms in total. The first-order chi connectivity index (χ1) is 20.2. The fourth-order valence-corrected chi connectivity index (χ4v) is 5.62. The largest absolute Gasteiger partial charge is 0.383 e. The average molecular weight is 528 g/mol. The van der Waals surface area contributed by atoms with E-state index in [1.54, 1.807) is 0 Å². The molecule has 0 saturated carbocycles. The van der Waals surface area contributed by atoms with Crippen molar-refractivity contribution in [1.82, 2.24) is 4.57 Å². The van der Waals surface area contributed by atoms with E-state index in [9.17, 15) is 0 Å². The van der Waals surface area contributed by atoms with Crippen molar-refractivity contribution in [1.29, 1.82) is 0 Å². The highest BCUT2D eigenvalue weighted by Gasteiger charge is 2.13. The van der Waals surface area contributed by atoms with Gasteiger partial charge < -0.3 is 10.3 Å². The molecular formula is C38H29N3. The van der Waals surface area contributed by atoms with Gasteiger partial charge in [0.2, 0.25) is 0 Å². The number of aliphatic imine (C=N–C) groups is 1. The van der Waals surface area contributed by atoms with Crippen LogP contribution in [0.2, 0.25) is 0 Å². The van der Waals surface area contributed by atoms with Crippen LogP contribution in [0.1, 0.15) is 16.7 Å². The number of benzene rings is 6. The van der Waals surface area contributed by atoms with Crippen molar-refractivity contribution in [2.45, 2.75) is 6.42 Å². The third-order valence-electron chi connectivity index (χ3n) is 7.64. The summed E-state index contributed by atoms with van der Waals surface area (Å²) >= 11 is 0. The highest BCUT2D eigenvalue weighted by atomic mass is 15.0. The Morgan fingerprint density at radius 2 is 1.22 bits per heavy atom. The molecule has 6 aromatic carbocycles. The van der Waals surface area contributed by atoms with Gasteiger partial charge in [-0.2, -0.15) is 0 Å². The molecular weight excluding hydrogens is 498 g/mol. The number of aromatic nitrogens is 1. The normalized spacial score (nSPS) is 12.4. The molecule has 0 saturated heterocycles. The number of hydrogen-bond acceptors (Lipinski definition) is 1. The summed E-state index contributed by atoms with van der Waals surface area (Å²) in [5.74, 6) is 0.498. The molecule has 7 rings (SSSR count). The molecule has 0 radical (unpaired) electrons. The second-order valence-corrected chi connectivity index (χ2v) is 10.3. The van der Waals surface area contributed by atoms with Gasteiger partial charge in [-0.3, -0.25) is 0 Å². The summed E-state index contributed by atoms with van der Waals surface area (Å²) in [6.45, 7) is 0. The van der Waals surface area contributed by atoms with Crippen molar-refractivity contribution in [2.24, 2.45) is 10.7 Å². The molecule has 0 atom stereocenters. The van der Waals surface area contributed by atoms with Gasteiger partial charge in [0.25, 0.3) is 0 Å². The predicted octanol–water partition coefficient (Wildman–Crippen LogP) is 8.93. The maximum atomic E-state index is 6.56. The zero-order valence-electron chi connectivity index (χ0n) is 22.6. The molecule has 196 valence electrons. The van der Waals surface area contributed by atoms with Crippen molar-refractivity contribution in [3.8, 4) is 5.69 Å². The molecule has 0 spiro atoms. The van der Waals surface area contributed by atoms with E-state index >= 15 is 0 Å². The quantitative estimate of drug-likeness (QED) is 0.170. The van der Waals surface area contributed by atoms with Crippen molar-refractivity contribution in [3.63, 3.8) is 0 Å². The van der Waals surface area contributed by atoms with Crippen LogP contribution in [0.25, 0.3) is 44.0 Å². The van der Waals surface area contributed by atoms with Crippen LogP contribution in [0.15, 0.2) is 157 Å². The third-order valence-corrected chi connectivity index (χ3v) is 7.64. The molecule has 41 heavy (non-hydrogen) atoms. The van der Waals surface area contributed by atoms with Crippen LogP contribution in [0, 0.1) is 0 Å². The molecule has 0 aliphatic rings. The lowest BCUT2D eigenvalue weighted by Gasteiger charge is -2.12. The summed E-state index contributed by atoms with van der Waals surface area (Å²) in [4.78, 5) is 4.99. The maximum Gasteiger partial charge on any atom is 0.131 e. The monoisotopic (exact) mass is 527 g/mol. The summed E-state index contributed by atoms with van der Waals surface area (Å²) in [7, 11) is 0. The molecule has 2 N–H and O–H groups in total. The van der Waals surface area contributed by atoms with E-state index in [1.165, 1.54) is 38.1 Å². The Hall–Kier alpha value is -5.41. The molecule has 0 unspecified atom stereocenters. The summed E-state index contributed by atoms with van der Waals surface area (Å²) in [6.07, 6.45) is 2.93. The molecule has 0 fully saturated rings. The first-order valence-electron chi connectivity index (χ1n) is 13.9. The van der Waals surface area contributed by atoms with Gasteiger partial charge in [0.1, 0.15) is 5.84 Å². The van der Waals surface area contributed by atoms with Crippen molar-refractivity contribution in [2.75, 3.05) is 0 Å². The Morgan fingerprint density at radius 1 is 0.585 bits per heavy atom. The van der Waals surface area contributed by atoms with E-state index in [-0.39, 0.29) is 0 Å². The van der Waals surface area contributed by atoms with Crippen LogP contribution >= 0.6 is 0 Å². The van der Waals surface area contributed by atoms with Crippen LogP contribution in [0.4, 0.5) is 0 Å². The van der Waals surface area contributed by atoms with Gasteiger partial charge in [-0.25, -0.2) is 4.99 Å². The summed E-state index contributed by atoms with van der Waals surface area (Å²) in [5, 5.41) is 4.96. The zero-order valence-corrected chi connectivity index (χ0v) is 22.6. The van der Waals surface area contributed by atoms with E-state index < -0.39 is 0 Å². The number of hydrogen-bond donors (Lipinski definition) is 1. The molecule has 0 aliphatic carbocycles. The van der Waals surface area contributed by atoms with Gasteiger partial charge in [-0.05, 0) is 47.0 Å². The lowest BCUT2D eigenvalue weighted by molar-refractivity contribution is 1.17. The number of rotatable bonds is 6. The number of nitrogens with two attached hydrogens (primary N) is 1. The molecule has 0 bridgehead atoms. The first kappa shape index (κ1) is 24.6. The van der Waals surface area contributed by atoms with E-state index in [0.29, 0.717) is 5.84 Å². The summed E-state index contributed by atoms with van der Waals surface area (Å²) in [5.41, 5.74) is 14.0. The van der Waals surface area contributed by atoms with Crippen LogP contribution in [-0.2, 0) is 6.42 Å². The zero-order chi connectivity index (χ0) is 27.6. The maximum absolute atomic E-state index is 6.56. The van der Waals surface area contributed by atoms with Crippen LogP contribution in [0.5, 0.6) is 0 Å². The number of fused-ring (bicyclic) bond motifs is 4. The Kier molecular flexibility index (Phi) is 6.38. The Balaban J connectivity index is 1.35. The Bertz CT molecular complexity index is 2030. The SMILES string of the molecule is NC(=N/C(=C\Cc1ccc2ccccc2c1)c1cccc(-n2c3ccccc3c3ccccc32)c1)c1ccccc1. The molecule has 0 aliphatic heterocycles. The number of allylic oxidation sites excluding steroid dienone is 1. The third kappa shape index (κ3) is 4.79. The fraction of sp³-hybridized carbons (Fsp3) is 0.0263. The minimum absolute atomic E-state index is 0.498. The second kappa shape index (κ2) is 10.6. The number of nitrogens with zero attached hydrogens (tertiary/aromatic N) is 2. The number of amidine groups is 1. The van der Waals surface area contributed by atoms with Gasteiger partial charge >= 0.3 is 0 Å². The van der Waals surface area contributed by atoms with Crippen molar-refractivity contribution < 1.29 is 0 Å². The van der Waals surface area contributed by atoms with Gasteiger partial charge in [0.15, 0.2) is 0 Å². The van der Waals surface area contributed by atoms with Crippen LogP contribution in [-0.4, -0.2) is 10.4 Å². The Labute approximate surface area is 239 Å². The lowest BCUT2D eigenvalue weighted by Crippen LogP contribution is -2.13. The van der Waals surface area contributed by atoms with E-state index in [4.69, 9.17) is 10.7 Å². The molecule has 0 amide bonds. The minimum atomic E-state index is 0.498. The first-order valence-corrected chi connectivity index (χ1v) is 13.9. The summed E-state index contributed by atoms with van der Waals surface area (Å²) < 4.78 is 2.33. The van der Waals surface area contributed by atoms with Crippen molar-refractivity contribution >= 4 is 44.1 Å². The number of para-hydroxylation sites is 2. The van der Waals surface area contributed by atoms with E-state index in [0.717, 1.165) is 28.9 Å². The van der Waals surface area contributed by atoms with Gasteiger partial charge in [0.05, 0.1) is 16.7 Å². The van der Waals surface area contributed by atoms with E-state index in [1.807, 2.05) is 30.3 Å². The topological polar surface area (TPSA) is 43.3 Å². The average Bonchev–Trinajstić information content (AvgIpc) is 3.38. The highest BCUT2D eigenvalue weighted by molar-refractivity contribution is 6.09. The molecule has 3 heteroatoms. The minimum Gasteiger partial charge on any atom is -0.383 e. The van der Waals surface area contributed by atoms with Crippen molar-refractivity contribution in [3.05, 3.63) is 168 Å². The smallest absolute Gasteiger partial charge is 0.131 e. The van der Waals surface area contributed by atoms with E-state index in [2.05, 4.69) is 126 Å². The highest BCUT2D eigenvalue weighted by Crippen LogP contribution is 2.33. The van der Waals surface area contributed by atoms with Crippen LogP contribution in [0.3, 0.4) is 0 Å². The molecule has 1 aromatic heterocycles. The van der Waals surface area contributed by atoms with Gasteiger partial charge in [-0.15, -0.1) is 0 Å². The second-order valence-electron chi connectivity index (χ2n) is 10.3.